The fourth-order valence-corrected chi connectivity index (χ4v) is 2.96. The second-order valence-corrected chi connectivity index (χ2v) is 6.87. The number of ether oxygens (including phenoxy) is 1. The topological polar surface area (TPSA) is 71.2 Å². The van der Waals surface area contributed by atoms with Crippen LogP contribution in [0.15, 0.2) is 27.3 Å². The van der Waals surface area contributed by atoms with Crippen LogP contribution in [-0.2, 0) is 9.53 Å². The highest BCUT2D eigenvalue weighted by molar-refractivity contribution is 9.13. The monoisotopic (exact) mass is 444 g/mol. The Morgan fingerprint density at radius 2 is 1.91 bits per heavy atom. The van der Waals surface area contributed by atoms with E-state index in [9.17, 15) is 9.59 Å². The van der Waals surface area contributed by atoms with E-state index in [4.69, 9.17) is 0 Å². The maximum Gasteiger partial charge on any atom is 0.305 e. The number of amides is 1. The minimum Gasteiger partial charge on any atom is -0.469 e. The number of carbonyl (C=O) groups is 2. The summed E-state index contributed by atoms with van der Waals surface area (Å²) < 4.78 is 6.42. The summed E-state index contributed by atoms with van der Waals surface area (Å²) in [6.45, 7) is 0.588. The molecule has 0 saturated heterocycles. The van der Waals surface area contributed by atoms with E-state index in [1.54, 1.807) is 6.20 Å². The molecule has 2 rings (SSSR count). The molecule has 124 valence electrons. The summed E-state index contributed by atoms with van der Waals surface area (Å²) in [6, 6.07) is 3.85. The molecule has 0 aliphatic rings. The van der Waals surface area contributed by atoms with Crippen molar-refractivity contribution in [2.45, 2.75) is 25.7 Å². The van der Waals surface area contributed by atoms with Crippen LogP contribution in [0.5, 0.6) is 0 Å². The molecule has 0 saturated carbocycles. The molecule has 5 nitrogen and oxygen atoms in total. The summed E-state index contributed by atoms with van der Waals surface area (Å²) in [5, 5.41) is 3.79. The van der Waals surface area contributed by atoms with E-state index < -0.39 is 0 Å². The zero-order valence-electron chi connectivity index (χ0n) is 12.7. The molecule has 0 fully saturated rings. The number of esters is 1. The van der Waals surface area contributed by atoms with Crippen molar-refractivity contribution in [2.75, 3.05) is 13.7 Å². The number of fused-ring (bicyclic) bond motifs is 1. The number of H-pyrrole nitrogens is 1. The van der Waals surface area contributed by atoms with Crippen LogP contribution in [0.25, 0.3) is 10.9 Å². The van der Waals surface area contributed by atoms with Gasteiger partial charge in [-0.1, -0.05) is 6.42 Å². The SMILES string of the molecule is COC(=O)CCCCCNC(=O)c1c[nH]c2cc(Br)c(Br)cc12. The predicted molar refractivity (Wildman–Crippen MR) is 96.5 cm³/mol. The van der Waals surface area contributed by atoms with Crippen molar-refractivity contribution in [3.63, 3.8) is 0 Å². The number of hydrogen-bond donors (Lipinski definition) is 2. The molecule has 1 heterocycles. The van der Waals surface area contributed by atoms with E-state index in [0.717, 1.165) is 39.1 Å². The van der Waals surface area contributed by atoms with Crippen LogP contribution in [0.1, 0.15) is 36.0 Å². The quantitative estimate of drug-likeness (QED) is 0.496. The van der Waals surface area contributed by atoms with Crippen LogP contribution in [-0.4, -0.2) is 30.5 Å². The highest BCUT2D eigenvalue weighted by atomic mass is 79.9. The summed E-state index contributed by atoms with van der Waals surface area (Å²) in [6.07, 6.45) is 4.63. The molecule has 1 aromatic carbocycles. The third-order valence-electron chi connectivity index (χ3n) is 3.54. The number of unbranched alkanes of at least 4 members (excludes halogenated alkanes) is 2. The molecule has 7 heteroatoms. The van der Waals surface area contributed by atoms with Gasteiger partial charge in [0.15, 0.2) is 0 Å². The number of aromatic amines is 1. The first-order chi connectivity index (χ1) is 11.0. The third kappa shape index (κ3) is 4.81. The maximum absolute atomic E-state index is 12.3. The van der Waals surface area contributed by atoms with Crippen LogP contribution in [0.3, 0.4) is 0 Å². The molecule has 0 aliphatic heterocycles. The Kier molecular flexibility index (Phi) is 6.65. The summed E-state index contributed by atoms with van der Waals surface area (Å²) in [5.41, 5.74) is 1.53. The van der Waals surface area contributed by atoms with Gasteiger partial charge in [0.2, 0.25) is 0 Å². The summed E-state index contributed by atoms with van der Waals surface area (Å²) in [4.78, 5) is 26.4. The molecule has 0 unspecified atom stereocenters. The summed E-state index contributed by atoms with van der Waals surface area (Å²) in [7, 11) is 1.39. The van der Waals surface area contributed by atoms with Crippen molar-refractivity contribution in [1.82, 2.24) is 10.3 Å². The van der Waals surface area contributed by atoms with Gasteiger partial charge in [0, 0.05) is 39.0 Å². The van der Waals surface area contributed by atoms with Gasteiger partial charge < -0.3 is 15.0 Å². The smallest absolute Gasteiger partial charge is 0.305 e. The van der Waals surface area contributed by atoms with Gasteiger partial charge in [0.25, 0.3) is 5.91 Å². The van der Waals surface area contributed by atoms with Gasteiger partial charge in [-0.2, -0.15) is 0 Å². The normalized spacial score (nSPS) is 10.7. The van der Waals surface area contributed by atoms with Gasteiger partial charge in [-0.15, -0.1) is 0 Å². The van der Waals surface area contributed by atoms with E-state index >= 15 is 0 Å². The van der Waals surface area contributed by atoms with Gasteiger partial charge >= 0.3 is 5.97 Å². The van der Waals surface area contributed by atoms with E-state index in [1.807, 2.05) is 12.1 Å². The summed E-state index contributed by atoms with van der Waals surface area (Å²) >= 11 is 6.90. The van der Waals surface area contributed by atoms with Gasteiger partial charge in [-0.05, 0) is 56.8 Å². The van der Waals surface area contributed by atoms with Crippen molar-refractivity contribution < 1.29 is 14.3 Å². The van der Waals surface area contributed by atoms with Crippen molar-refractivity contribution in [1.29, 1.82) is 0 Å². The Bertz CT molecular complexity index is 713. The largest absolute Gasteiger partial charge is 0.469 e. The number of hydrogen-bond acceptors (Lipinski definition) is 3. The number of halogens is 2. The molecule has 0 bridgehead atoms. The lowest BCUT2D eigenvalue weighted by molar-refractivity contribution is -0.140. The van der Waals surface area contributed by atoms with E-state index in [2.05, 4.69) is 46.9 Å². The number of benzene rings is 1. The Balaban J connectivity index is 1.85. The molecule has 1 amide bonds. The van der Waals surface area contributed by atoms with Crippen molar-refractivity contribution in [3.05, 3.63) is 32.8 Å². The van der Waals surface area contributed by atoms with E-state index in [-0.39, 0.29) is 11.9 Å². The summed E-state index contributed by atoms with van der Waals surface area (Å²) in [5.74, 6) is -0.289. The predicted octanol–water partition coefficient (Wildman–Crippen LogP) is 4.16. The standard InChI is InChI=1S/C16H18Br2N2O3/c1-23-15(21)5-3-2-4-6-19-16(22)11-9-20-14-8-13(18)12(17)7-10(11)14/h7-9,20H,2-6H2,1H3,(H,19,22). The highest BCUT2D eigenvalue weighted by Crippen LogP contribution is 2.30. The Hall–Kier alpha value is -1.34. The number of carbonyl (C=O) groups excluding carboxylic acids is 2. The van der Waals surface area contributed by atoms with E-state index in [1.165, 1.54) is 7.11 Å². The molecule has 0 atom stereocenters. The second-order valence-electron chi connectivity index (χ2n) is 5.16. The molecular weight excluding hydrogens is 428 g/mol. The van der Waals surface area contributed by atoms with Crippen LogP contribution in [0, 0.1) is 0 Å². The van der Waals surface area contributed by atoms with Crippen molar-refractivity contribution in [3.8, 4) is 0 Å². The van der Waals surface area contributed by atoms with Crippen LogP contribution < -0.4 is 5.32 Å². The van der Waals surface area contributed by atoms with Gasteiger partial charge in [-0.3, -0.25) is 9.59 Å². The molecule has 2 aromatic rings. The highest BCUT2D eigenvalue weighted by Gasteiger charge is 2.13. The minimum atomic E-state index is -0.190. The first-order valence-electron chi connectivity index (χ1n) is 7.34. The first kappa shape index (κ1) is 18.0. The van der Waals surface area contributed by atoms with Crippen LogP contribution >= 0.6 is 31.9 Å². The van der Waals surface area contributed by atoms with Gasteiger partial charge in [-0.25, -0.2) is 0 Å². The van der Waals surface area contributed by atoms with Crippen LogP contribution in [0.4, 0.5) is 0 Å². The first-order valence-corrected chi connectivity index (χ1v) is 8.92. The molecule has 23 heavy (non-hydrogen) atoms. The van der Waals surface area contributed by atoms with Gasteiger partial charge in [0.05, 0.1) is 12.7 Å². The lowest BCUT2D eigenvalue weighted by atomic mass is 10.1. The number of rotatable bonds is 7. The second kappa shape index (κ2) is 8.49. The lowest BCUT2D eigenvalue weighted by Gasteiger charge is -2.05. The minimum absolute atomic E-state index is 0.0987. The average Bonchev–Trinajstić information content (AvgIpc) is 2.93. The molecule has 0 aliphatic carbocycles. The maximum atomic E-state index is 12.3. The Labute approximate surface area is 151 Å². The van der Waals surface area contributed by atoms with Crippen LogP contribution in [0.2, 0.25) is 0 Å². The fraction of sp³-hybridized carbons (Fsp3) is 0.375. The van der Waals surface area contributed by atoms with Crippen molar-refractivity contribution in [2.24, 2.45) is 0 Å². The average molecular weight is 446 g/mol. The number of aromatic nitrogens is 1. The number of nitrogens with one attached hydrogen (secondary N) is 2. The fourth-order valence-electron chi connectivity index (χ4n) is 2.27. The number of methoxy groups -OCH3 is 1. The van der Waals surface area contributed by atoms with E-state index in [0.29, 0.717) is 18.5 Å². The zero-order valence-corrected chi connectivity index (χ0v) is 15.9. The molecule has 0 radical (unpaired) electrons. The van der Waals surface area contributed by atoms with Crippen molar-refractivity contribution >= 4 is 54.6 Å². The molecule has 1 aromatic heterocycles. The zero-order chi connectivity index (χ0) is 16.8. The van der Waals surface area contributed by atoms with Gasteiger partial charge in [0.1, 0.15) is 0 Å². The lowest BCUT2D eigenvalue weighted by Crippen LogP contribution is -2.24. The molecule has 0 spiro atoms. The third-order valence-corrected chi connectivity index (χ3v) is 5.38. The molecular formula is C16H18Br2N2O3. The molecule has 2 N–H and O–H groups in total. The Morgan fingerprint density at radius 3 is 2.65 bits per heavy atom. The Morgan fingerprint density at radius 1 is 1.17 bits per heavy atom.